The number of carbonyl (C=O) groups is 2. The first-order chi connectivity index (χ1) is 16.4. The highest BCUT2D eigenvalue weighted by Crippen LogP contribution is 2.28. The van der Waals surface area contributed by atoms with E-state index >= 15 is 0 Å². The minimum absolute atomic E-state index is 0.0557. The summed E-state index contributed by atoms with van der Waals surface area (Å²) in [6.07, 6.45) is 6.64. The molecule has 0 aliphatic carbocycles. The number of rotatable bonds is 6. The van der Waals surface area contributed by atoms with Crippen LogP contribution in [0.5, 0.6) is 11.5 Å². The topological polar surface area (TPSA) is 111 Å². The highest BCUT2D eigenvalue weighted by Gasteiger charge is 2.12. The molecule has 0 aliphatic heterocycles. The van der Waals surface area contributed by atoms with Gasteiger partial charge in [-0.25, -0.2) is 14.2 Å². The van der Waals surface area contributed by atoms with E-state index in [2.05, 4.69) is 25.7 Å². The van der Waals surface area contributed by atoms with Crippen molar-refractivity contribution in [2.45, 2.75) is 13.3 Å². The maximum atomic E-state index is 13.0. The number of carbonyl (C=O) groups excluding carboxylic acids is 2. The Morgan fingerprint density at radius 2 is 1.88 bits per heavy atom. The maximum Gasteiger partial charge on any atom is 0.327 e. The highest BCUT2D eigenvalue weighted by molar-refractivity contribution is 6.01. The van der Waals surface area contributed by atoms with E-state index in [4.69, 9.17) is 4.74 Å². The van der Waals surface area contributed by atoms with Gasteiger partial charge in [-0.3, -0.25) is 25.1 Å². The molecule has 3 aromatic heterocycles. The summed E-state index contributed by atoms with van der Waals surface area (Å²) in [4.78, 5) is 32.7. The first-order valence-corrected chi connectivity index (χ1v) is 10.3. The number of amides is 3. The van der Waals surface area contributed by atoms with Crippen LogP contribution >= 0.6 is 0 Å². The molecule has 10 heteroatoms. The van der Waals surface area contributed by atoms with Crippen molar-refractivity contribution < 1.29 is 18.7 Å². The number of pyridine rings is 2. The van der Waals surface area contributed by atoms with Gasteiger partial charge in [0.05, 0.1) is 24.5 Å². The predicted molar refractivity (Wildman–Crippen MR) is 123 cm³/mol. The molecule has 3 heterocycles. The van der Waals surface area contributed by atoms with E-state index in [0.717, 1.165) is 16.8 Å². The Kier molecular flexibility index (Phi) is 6.58. The van der Waals surface area contributed by atoms with Gasteiger partial charge in [-0.05, 0) is 42.3 Å². The normalized spacial score (nSPS) is 10.6. The summed E-state index contributed by atoms with van der Waals surface area (Å²) in [6, 6.07) is 9.91. The van der Waals surface area contributed by atoms with Gasteiger partial charge in [0, 0.05) is 31.1 Å². The second kappa shape index (κ2) is 9.90. The van der Waals surface area contributed by atoms with Gasteiger partial charge in [-0.15, -0.1) is 0 Å². The number of hydrogen-bond donors (Lipinski definition) is 2. The summed E-state index contributed by atoms with van der Waals surface area (Å²) in [5.74, 6) is 0.407. The van der Waals surface area contributed by atoms with E-state index in [1.165, 1.54) is 30.5 Å². The number of nitrogens with one attached hydrogen (secondary N) is 2. The number of halogens is 1. The van der Waals surface area contributed by atoms with E-state index < -0.39 is 17.8 Å². The second-order valence-corrected chi connectivity index (χ2v) is 7.52. The van der Waals surface area contributed by atoms with Crippen LogP contribution in [-0.2, 0) is 18.3 Å². The summed E-state index contributed by atoms with van der Waals surface area (Å²) in [6.45, 7) is 1.81. The van der Waals surface area contributed by atoms with Crippen molar-refractivity contribution in [3.05, 3.63) is 84.2 Å². The van der Waals surface area contributed by atoms with Crippen LogP contribution in [0.25, 0.3) is 11.3 Å². The zero-order valence-corrected chi connectivity index (χ0v) is 18.4. The monoisotopic (exact) mass is 460 g/mol. The SMILES string of the molecule is Cc1cc(NC(=O)NC(=O)Cc2ccc(F)cc2)ncc1Oc1ccnc(-c2cnn(C)c2)c1. The summed E-state index contributed by atoms with van der Waals surface area (Å²) in [5, 5.41) is 8.88. The van der Waals surface area contributed by atoms with Gasteiger partial charge in [0.25, 0.3) is 0 Å². The van der Waals surface area contributed by atoms with Crippen LogP contribution in [0.3, 0.4) is 0 Å². The van der Waals surface area contributed by atoms with E-state index in [9.17, 15) is 14.0 Å². The average molecular weight is 460 g/mol. The van der Waals surface area contributed by atoms with Gasteiger partial charge >= 0.3 is 6.03 Å². The van der Waals surface area contributed by atoms with Crippen molar-refractivity contribution in [1.29, 1.82) is 0 Å². The van der Waals surface area contributed by atoms with Crippen molar-refractivity contribution in [2.24, 2.45) is 7.05 Å². The number of hydrogen-bond acceptors (Lipinski definition) is 6. The molecule has 4 aromatic rings. The number of ether oxygens (including phenoxy) is 1. The lowest BCUT2D eigenvalue weighted by Crippen LogP contribution is -2.35. The Morgan fingerprint density at radius 1 is 1.09 bits per heavy atom. The van der Waals surface area contributed by atoms with Crippen LogP contribution in [0, 0.1) is 12.7 Å². The molecule has 0 spiro atoms. The van der Waals surface area contributed by atoms with Gasteiger partial charge in [-0.1, -0.05) is 12.1 Å². The van der Waals surface area contributed by atoms with Crippen LogP contribution in [0.4, 0.5) is 15.0 Å². The zero-order chi connectivity index (χ0) is 24.1. The molecule has 0 unspecified atom stereocenters. The lowest BCUT2D eigenvalue weighted by molar-refractivity contribution is -0.119. The Hall–Kier alpha value is -4.60. The fourth-order valence-corrected chi connectivity index (χ4v) is 3.14. The first-order valence-electron chi connectivity index (χ1n) is 10.3. The molecule has 0 fully saturated rings. The smallest absolute Gasteiger partial charge is 0.327 e. The highest BCUT2D eigenvalue weighted by atomic mass is 19.1. The predicted octanol–water partition coefficient (Wildman–Crippen LogP) is 4.01. The molecule has 0 bridgehead atoms. The number of urea groups is 1. The van der Waals surface area contributed by atoms with E-state index in [1.54, 1.807) is 35.3 Å². The molecular formula is C24H21FN6O3. The Labute approximate surface area is 194 Å². The van der Waals surface area contributed by atoms with E-state index in [1.807, 2.05) is 20.2 Å². The molecule has 9 nitrogen and oxygen atoms in total. The van der Waals surface area contributed by atoms with Gasteiger partial charge in [0.2, 0.25) is 5.91 Å². The quantitative estimate of drug-likeness (QED) is 0.450. The molecule has 1 aromatic carbocycles. The fourth-order valence-electron chi connectivity index (χ4n) is 3.14. The van der Waals surface area contributed by atoms with Crippen molar-refractivity contribution in [3.8, 4) is 22.8 Å². The van der Waals surface area contributed by atoms with Crippen LogP contribution in [0.1, 0.15) is 11.1 Å². The molecule has 172 valence electrons. The number of nitrogens with zero attached hydrogens (tertiary/aromatic N) is 4. The van der Waals surface area contributed by atoms with Crippen molar-refractivity contribution in [1.82, 2.24) is 25.1 Å². The Bertz CT molecular complexity index is 1340. The number of imide groups is 1. The Balaban J connectivity index is 1.36. The van der Waals surface area contributed by atoms with Crippen LogP contribution in [-0.4, -0.2) is 31.7 Å². The van der Waals surface area contributed by atoms with Crippen molar-refractivity contribution >= 4 is 17.8 Å². The van der Waals surface area contributed by atoms with Crippen LogP contribution in [0.15, 0.2) is 67.3 Å². The summed E-state index contributed by atoms with van der Waals surface area (Å²) in [5.41, 5.74) is 2.89. The van der Waals surface area contributed by atoms with Gasteiger partial charge in [0.1, 0.15) is 23.1 Å². The molecule has 0 aliphatic rings. The fraction of sp³-hybridized carbons (Fsp3) is 0.125. The minimum atomic E-state index is -0.720. The lowest BCUT2D eigenvalue weighted by atomic mass is 10.1. The molecule has 0 saturated heterocycles. The van der Waals surface area contributed by atoms with Gasteiger partial charge < -0.3 is 4.74 Å². The number of aromatic nitrogens is 4. The number of anilines is 1. The van der Waals surface area contributed by atoms with E-state index in [-0.39, 0.29) is 12.2 Å². The van der Waals surface area contributed by atoms with Gasteiger partial charge in [-0.2, -0.15) is 5.10 Å². The molecule has 2 N–H and O–H groups in total. The molecule has 4 rings (SSSR count). The van der Waals surface area contributed by atoms with E-state index in [0.29, 0.717) is 17.1 Å². The number of benzene rings is 1. The minimum Gasteiger partial charge on any atom is -0.455 e. The molecular weight excluding hydrogens is 439 g/mol. The van der Waals surface area contributed by atoms with Crippen molar-refractivity contribution in [2.75, 3.05) is 5.32 Å². The van der Waals surface area contributed by atoms with Gasteiger partial charge in [0.15, 0.2) is 0 Å². The van der Waals surface area contributed by atoms with Crippen LogP contribution < -0.4 is 15.4 Å². The standard InChI is InChI=1S/C24H21FN6O3/c1-15-9-22(29-24(33)30-23(32)10-16-3-5-18(25)6-4-16)27-13-21(15)34-19-7-8-26-20(11-19)17-12-28-31(2)14-17/h3-9,11-14H,10H2,1-2H3,(H2,27,29,30,32,33). The summed E-state index contributed by atoms with van der Waals surface area (Å²) >= 11 is 0. The molecule has 0 radical (unpaired) electrons. The first kappa shape index (κ1) is 22.6. The van der Waals surface area contributed by atoms with Crippen molar-refractivity contribution in [3.63, 3.8) is 0 Å². The third-order valence-corrected chi connectivity index (χ3v) is 4.80. The summed E-state index contributed by atoms with van der Waals surface area (Å²) < 4.78 is 20.6. The second-order valence-electron chi connectivity index (χ2n) is 7.52. The maximum absolute atomic E-state index is 13.0. The molecule has 3 amide bonds. The Morgan fingerprint density at radius 3 is 2.59 bits per heavy atom. The zero-order valence-electron chi connectivity index (χ0n) is 18.4. The third kappa shape index (κ3) is 5.80. The summed E-state index contributed by atoms with van der Waals surface area (Å²) in [7, 11) is 1.83. The van der Waals surface area contributed by atoms with Crippen LogP contribution in [0.2, 0.25) is 0 Å². The molecule has 34 heavy (non-hydrogen) atoms. The number of aryl methyl sites for hydroxylation is 2. The molecule has 0 saturated carbocycles. The lowest BCUT2D eigenvalue weighted by Gasteiger charge is -2.11. The average Bonchev–Trinajstić information content (AvgIpc) is 3.24. The molecule has 0 atom stereocenters. The third-order valence-electron chi connectivity index (χ3n) is 4.80. The largest absolute Gasteiger partial charge is 0.455 e.